The second-order valence-corrected chi connectivity index (χ2v) is 4.23. The van der Waals surface area contributed by atoms with Crippen LogP contribution in [0.3, 0.4) is 0 Å². The summed E-state index contributed by atoms with van der Waals surface area (Å²) in [7, 11) is 3.29. The lowest BCUT2D eigenvalue weighted by molar-refractivity contribution is 0.202. The molecule has 4 heteroatoms. The summed E-state index contributed by atoms with van der Waals surface area (Å²) in [6.45, 7) is 3.88. The van der Waals surface area contributed by atoms with Gasteiger partial charge in [0.05, 0.1) is 14.2 Å². The van der Waals surface area contributed by atoms with E-state index in [1.165, 1.54) is 0 Å². The van der Waals surface area contributed by atoms with Crippen molar-refractivity contribution in [3.05, 3.63) is 17.7 Å². The summed E-state index contributed by atoms with van der Waals surface area (Å²) < 4.78 is 16.7. The van der Waals surface area contributed by atoms with E-state index >= 15 is 0 Å². The van der Waals surface area contributed by atoms with Gasteiger partial charge in [-0.25, -0.2) is 0 Å². The molecule has 0 bridgehead atoms. The zero-order chi connectivity index (χ0) is 12.3. The zero-order valence-electron chi connectivity index (χ0n) is 10.6. The van der Waals surface area contributed by atoms with E-state index in [0.717, 1.165) is 36.6 Å². The lowest BCUT2D eigenvalue weighted by atomic mass is 10.2. The zero-order valence-corrected chi connectivity index (χ0v) is 10.6. The number of aryl methyl sites for hydroxylation is 1. The third kappa shape index (κ3) is 2.64. The Morgan fingerprint density at radius 1 is 1.18 bits per heavy atom. The van der Waals surface area contributed by atoms with Gasteiger partial charge in [-0.05, 0) is 37.6 Å². The fourth-order valence-electron chi connectivity index (χ4n) is 2.02. The first-order valence-corrected chi connectivity index (χ1v) is 5.84. The Balaban J connectivity index is 2.28. The summed E-state index contributed by atoms with van der Waals surface area (Å²) in [5.41, 5.74) is 1.09. The Bertz CT molecular complexity index is 361. The SMILES string of the molecule is COc1cc(C)cc(OC)c1O[C@@H]1CCNC1. The van der Waals surface area contributed by atoms with E-state index in [-0.39, 0.29) is 6.10 Å². The molecule has 0 aromatic heterocycles. The van der Waals surface area contributed by atoms with E-state index in [9.17, 15) is 0 Å². The van der Waals surface area contributed by atoms with Crippen LogP contribution in [-0.2, 0) is 0 Å². The highest BCUT2D eigenvalue weighted by molar-refractivity contribution is 5.53. The van der Waals surface area contributed by atoms with Gasteiger partial charge in [0.1, 0.15) is 6.10 Å². The van der Waals surface area contributed by atoms with Crippen molar-refractivity contribution in [2.45, 2.75) is 19.4 Å². The highest BCUT2D eigenvalue weighted by atomic mass is 16.5. The molecule has 1 fully saturated rings. The minimum absolute atomic E-state index is 0.195. The first-order chi connectivity index (χ1) is 8.24. The van der Waals surface area contributed by atoms with Crippen molar-refractivity contribution in [1.29, 1.82) is 0 Å². The van der Waals surface area contributed by atoms with Gasteiger partial charge in [-0.2, -0.15) is 0 Å². The third-order valence-corrected chi connectivity index (χ3v) is 2.90. The van der Waals surface area contributed by atoms with E-state index in [1.807, 2.05) is 19.1 Å². The van der Waals surface area contributed by atoms with Gasteiger partial charge >= 0.3 is 0 Å². The van der Waals surface area contributed by atoms with E-state index in [4.69, 9.17) is 14.2 Å². The quantitative estimate of drug-likeness (QED) is 0.866. The highest BCUT2D eigenvalue weighted by Gasteiger charge is 2.21. The average molecular weight is 237 g/mol. The summed E-state index contributed by atoms with van der Waals surface area (Å²) >= 11 is 0. The lowest BCUT2D eigenvalue weighted by Crippen LogP contribution is -2.20. The standard InChI is InChI=1S/C13H19NO3/c1-9-6-11(15-2)13(12(7-9)16-3)17-10-4-5-14-8-10/h6-7,10,14H,4-5,8H2,1-3H3/t10-/m1/s1. The van der Waals surface area contributed by atoms with Crippen LogP contribution in [0.1, 0.15) is 12.0 Å². The van der Waals surface area contributed by atoms with Crippen LogP contribution in [0.5, 0.6) is 17.2 Å². The maximum atomic E-state index is 5.96. The highest BCUT2D eigenvalue weighted by Crippen LogP contribution is 2.39. The molecule has 1 heterocycles. The van der Waals surface area contributed by atoms with Gasteiger partial charge in [-0.15, -0.1) is 0 Å². The van der Waals surface area contributed by atoms with Crippen LogP contribution < -0.4 is 19.5 Å². The Hall–Kier alpha value is -1.42. The van der Waals surface area contributed by atoms with Crippen LogP contribution in [0.2, 0.25) is 0 Å². The minimum atomic E-state index is 0.195. The van der Waals surface area contributed by atoms with Crippen molar-refractivity contribution in [1.82, 2.24) is 5.32 Å². The van der Waals surface area contributed by atoms with Gasteiger partial charge in [-0.3, -0.25) is 0 Å². The van der Waals surface area contributed by atoms with Crippen LogP contribution in [0.4, 0.5) is 0 Å². The first-order valence-electron chi connectivity index (χ1n) is 5.84. The molecule has 4 nitrogen and oxygen atoms in total. The van der Waals surface area contributed by atoms with Crippen LogP contribution in [0, 0.1) is 6.92 Å². The molecule has 0 radical (unpaired) electrons. The Kier molecular flexibility index (Phi) is 3.74. The molecular formula is C13H19NO3. The van der Waals surface area contributed by atoms with Gasteiger partial charge in [-0.1, -0.05) is 0 Å². The van der Waals surface area contributed by atoms with Crippen LogP contribution in [-0.4, -0.2) is 33.4 Å². The monoisotopic (exact) mass is 237 g/mol. The van der Waals surface area contributed by atoms with Crippen LogP contribution >= 0.6 is 0 Å². The predicted octanol–water partition coefficient (Wildman–Crippen LogP) is 1.75. The molecule has 0 spiro atoms. The van der Waals surface area contributed by atoms with Gasteiger partial charge in [0.25, 0.3) is 0 Å². The maximum absolute atomic E-state index is 5.96. The van der Waals surface area contributed by atoms with Gasteiger partial charge in [0.15, 0.2) is 11.5 Å². The molecule has 17 heavy (non-hydrogen) atoms. The minimum Gasteiger partial charge on any atom is -0.493 e. The molecule has 1 aromatic rings. The van der Waals surface area contributed by atoms with Crippen molar-refractivity contribution < 1.29 is 14.2 Å². The van der Waals surface area contributed by atoms with E-state index in [0.29, 0.717) is 5.75 Å². The number of ether oxygens (including phenoxy) is 3. The normalized spacial score (nSPS) is 19.1. The molecule has 1 N–H and O–H groups in total. The number of methoxy groups -OCH3 is 2. The second-order valence-electron chi connectivity index (χ2n) is 4.23. The summed E-state index contributed by atoms with van der Waals surface area (Å²) in [4.78, 5) is 0. The van der Waals surface area contributed by atoms with Gasteiger partial charge in [0.2, 0.25) is 5.75 Å². The third-order valence-electron chi connectivity index (χ3n) is 2.90. The fourth-order valence-corrected chi connectivity index (χ4v) is 2.02. The predicted molar refractivity (Wildman–Crippen MR) is 66.2 cm³/mol. The number of hydrogen-bond donors (Lipinski definition) is 1. The Morgan fingerprint density at radius 3 is 2.29 bits per heavy atom. The molecule has 0 aliphatic carbocycles. The molecule has 2 rings (SSSR count). The fraction of sp³-hybridized carbons (Fsp3) is 0.538. The van der Waals surface area contributed by atoms with Crippen molar-refractivity contribution in [3.63, 3.8) is 0 Å². The van der Waals surface area contributed by atoms with Crippen molar-refractivity contribution >= 4 is 0 Å². The molecule has 1 saturated heterocycles. The second kappa shape index (κ2) is 5.27. The number of nitrogens with one attached hydrogen (secondary N) is 1. The summed E-state index contributed by atoms with van der Waals surface area (Å²) in [6.07, 6.45) is 1.21. The molecule has 1 aromatic carbocycles. The summed E-state index contributed by atoms with van der Waals surface area (Å²) in [5.74, 6) is 2.16. The Morgan fingerprint density at radius 2 is 1.82 bits per heavy atom. The smallest absolute Gasteiger partial charge is 0.203 e. The van der Waals surface area contributed by atoms with E-state index < -0.39 is 0 Å². The number of hydrogen-bond acceptors (Lipinski definition) is 4. The van der Waals surface area contributed by atoms with Crippen LogP contribution in [0.15, 0.2) is 12.1 Å². The molecule has 1 aliphatic heterocycles. The molecule has 0 saturated carbocycles. The maximum Gasteiger partial charge on any atom is 0.203 e. The number of rotatable bonds is 4. The van der Waals surface area contributed by atoms with E-state index in [2.05, 4.69) is 5.32 Å². The molecule has 0 unspecified atom stereocenters. The Labute approximate surface area is 102 Å². The summed E-state index contributed by atoms with van der Waals surface area (Å²) in [5, 5.41) is 3.27. The van der Waals surface area contributed by atoms with E-state index in [1.54, 1.807) is 14.2 Å². The summed E-state index contributed by atoms with van der Waals surface area (Å²) in [6, 6.07) is 3.92. The molecule has 94 valence electrons. The average Bonchev–Trinajstić information content (AvgIpc) is 2.83. The first kappa shape index (κ1) is 12.0. The molecule has 1 atom stereocenters. The van der Waals surface area contributed by atoms with Crippen molar-refractivity contribution in [2.75, 3.05) is 27.3 Å². The van der Waals surface area contributed by atoms with Gasteiger partial charge < -0.3 is 19.5 Å². The molecule has 1 aliphatic rings. The lowest BCUT2D eigenvalue weighted by Gasteiger charge is -2.18. The van der Waals surface area contributed by atoms with Gasteiger partial charge in [0, 0.05) is 6.54 Å². The largest absolute Gasteiger partial charge is 0.493 e. The topological polar surface area (TPSA) is 39.7 Å². The van der Waals surface area contributed by atoms with Crippen molar-refractivity contribution in [2.24, 2.45) is 0 Å². The molecular weight excluding hydrogens is 218 g/mol. The van der Waals surface area contributed by atoms with Crippen molar-refractivity contribution in [3.8, 4) is 17.2 Å². The van der Waals surface area contributed by atoms with Crippen LogP contribution in [0.25, 0.3) is 0 Å². The molecule has 0 amide bonds. The number of benzene rings is 1.